The highest BCUT2D eigenvalue weighted by atomic mass is 32.2. The molecular weight excluding hydrogens is 364 g/mol. The van der Waals surface area contributed by atoms with Crippen molar-refractivity contribution in [3.8, 4) is 0 Å². The van der Waals surface area contributed by atoms with Crippen molar-refractivity contribution in [1.29, 1.82) is 0 Å². The van der Waals surface area contributed by atoms with Crippen LogP contribution in [0.15, 0.2) is 65.0 Å². The molecule has 26 heavy (non-hydrogen) atoms. The number of carbonyl (C=O) groups excluding carboxylic acids is 1. The predicted octanol–water partition coefficient (Wildman–Crippen LogP) is 3.60. The average molecular weight is 385 g/mol. The van der Waals surface area contributed by atoms with Gasteiger partial charge in [0.25, 0.3) is 0 Å². The normalized spacial score (nSPS) is 10.5. The summed E-state index contributed by atoms with van der Waals surface area (Å²) < 4.78 is 0.791. The molecule has 3 aromatic rings. The number of thioether (sulfide) groups is 1. The maximum Gasteiger partial charge on any atom is 0.230 e. The van der Waals surface area contributed by atoms with Gasteiger partial charge in [0, 0.05) is 13.1 Å². The van der Waals surface area contributed by atoms with Gasteiger partial charge in [0.05, 0.1) is 5.75 Å². The molecule has 3 rings (SSSR count). The second-order valence-corrected chi connectivity index (χ2v) is 7.79. The van der Waals surface area contributed by atoms with Crippen molar-refractivity contribution < 1.29 is 4.79 Å². The Kier molecular flexibility index (Phi) is 7.04. The van der Waals surface area contributed by atoms with E-state index in [2.05, 4.69) is 45.1 Å². The first-order valence-electron chi connectivity index (χ1n) is 8.34. The number of hydrogen-bond acceptors (Lipinski definition) is 6. The van der Waals surface area contributed by atoms with Gasteiger partial charge in [-0.25, -0.2) is 0 Å². The number of aromatic nitrogens is 2. The second kappa shape index (κ2) is 9.94. The summed E-state index contributed by atoms with van der Waals surface area (Å²) in [6.45, 7) is 1.35. The molecule has 134 valence electrons. The maximum absolute atomic E-state index is 11.9. The zero-order valence-electron chi connectivity index (χ0n) is 14.2. The molecule has 0 fully saturated rings. The number of anilines is 1. The van der Waals surface area contributed by atoms with Gasteiger partial charge in [0.2, 0.25) is 11.0 Å². The summed E-state index contributed by atoms with van der Waals surface area (Å²) >= 11 is 2.87. The van der Waals surface area contributed by atoms with Gasteiger partial charge in [-0.2, -0.15) is 0 Å². The number of rotatable bonds is 9. The summed E-state index contributed by atoms with van der Waals surface area (Å²) in [5.74, 6) is 0.363. The van der Waals surface area contributed by atoms with Crippen LogP contribution in [0.1, 0.15) is 11.1 Å². The second-order valence-electron chi connectivity index (χ2n) is 5.59. The zero-order chi connectivity index (χ0) is 18.0. The first-order chi connectivity index (χ1) is 12.8. The van der Waals surface area contributed by atoms with Crippen LogP contribution >= 0.6 is 23.1 Å². The number of nitrogens with zero attached hydrogens (tertiary/aromatic N) is 2. The van der Waals surface area contributed by atoms with Crippen LogP contribution in [0.4, 0.5) is 5.13 Å². The molecular formula is C19H20N4OS2. The number of carbonyl (C=O) groups is 1. The van der Waals surface area contributed by atoms with Crippen LogP contribution in [0.5, 0.6) is 0 Å². The molecule has 1 amide bonds. The molecule has 0 saturated carbocycles. The number of hydrogen-bond donors (Lipinski definition) is 2. The van der Waals surface area contributed by atoms with E-state index in [0.717, 1.165) is 15.9 Å². The molecule has 5 nitrogen and oxygen atoms in total. The van der Waals surface area contributed by atoms with Crippen LogP contribution in [-0.4, -0.2) is 28.4 Å². The minimum atomic E-state index is 0.0138. The Bertz CT molecular complexity index is 809. The van der Waals surface area contributed by atoms with E-state index in [1.807, 2.05) is 36.4 Å². The molecule has 0 saturated heterocycles. The minimum Gasteiger partial charge on any atom is -0.356 e. The monoisotopic (exact) mass is 384 g/mol. The van der Waals surface area contributed by atoms with Crippen molar-refractivity contribution in [2.24, 2.45) is 0 Å². The fourth-order valence-electron chi connectivity index (χ4n) is 2.28. The van der Waals surface area contributed by atoms with Crippen LogP contribution in [0.3, 0.4) is 0 Å². The van der Waals surface area contributed by atoms with Gasteiger partial charge in [-0.3, -0.25) is 4.79 Å². The predicted molar refractivity (Wildman–Crippen MR) is 108 cm³/mol. The molecule has 7 heteroatoms. The lowest BCUT2D eigenvalue weighted by atomic mass is 10.1. The topological polar surface area (TPSA) is 66.9 Å². The van der Waals surface area contributed by atoms with E-state index in [4.69, 9.17) is 0 Å². The van der Waals surface area contributed by atoms with E-state index in [1.54, 1.807) is 0 Å². The third-order valence-electron chi connectivity index (χ3n) is 3.60. The fraction of sp³-hybridized carbons (Fsp3) is 0.211. The zero-order valence-corrected chi connectivity index (χ0v) is 15.9. The van der Waals surface area contributed by atoms with Crippen LogP contribution < -0.4 is 10.6 Å². The van der Waals surface area contributed by atoms with E-state index in [9.17, 15) is 4.79 Å². The smallest absolute Gasteiger partial charge is 0.230 e. The Morgan fingerprint density at radius 2 is 1.65 bits per heavy atom. The molecule has 2 aromatic carbocycles. The first kappa shape index (κ1) is 18.4. The third-order valence-corrected chi connectivity index (χ3v) is 5.61. The highest BCUT2D eigenvalue weighted by molar-refractivity contribution is 8.01. The molecule has 1 heterocycles. The lowest BCUT2D eigenvalue weighted by Crippen LogP contribution is -2.27. The van der Waals surface area contributed by atoms with Crippen LogP contribution in [0, 0.1) is 0 Å². The summed E-state index contributed by atoms with van der Waals surface area (Å²) in [6.07, 6.45) is 0.837. The summed E-state index contributed by atoms with van der Waals surface area (Å²) in [5.41, 5.74) is 2.41. The van der Waals surface area contributed by atoms with E-state index in [0.29, 0.717) is 18.8 Å². The molecule has 0 unspecified atom stereocenters. The lowest BCUT2D eigenvalue weighted by Gasteiger charge is -2.04. The van der Waals surface area contributed by atoms with Gasteiger partial charge in [0.15, 0.2) is 4.34 Å². The minimum absolute atomic E-state index is 0.0138. The molecule has 0 radical (unpaired) electrons. The fourth-order valence-corrected chi connectivity index (χ4v) is 3.86. The highest BCUT2D eigenvalue weighted by Gasteiger charge is 2.08. The average Bonchev–Trinajstić information content (AvgIpc) is 3.14. The Labute approximate surface area is 161 Å². The molecule has 0 aliphatic rings. The molecule has 1 aromatic heterocycles. The van der Waals surface area contributed by atoms with Crippen molar-refractivity contribution in [3.63, 3.8) is 0 Å². The Morgan fingerprint density at radius 3 is 2.38 bits per heavy atom. The van der Waals surface area contributed by atoms with Gasteiger partial charge in [0.1, 0.15) is 0 Å². The number of amides is 1. The van der Waals surface area contributed by atoms with Crippen molar-refractivity contribution in [3.05, 3.63) is 71.8 Å². The van der Waals surface area contributed by atoms with Crippen LogP contribution in [0.25, 0.3) is 0 Å². The molecule has 2 N–H and O–H groups in total. The Morgan fingerprint density at radius 1 is 0.962 bits per heavy atom. The molecule has 0 atom stereocenters. The largest absolute Gasteiger partial charge is 0.356 e. The van der Waals surface area contributed by atoms with Gasteiger partial charge in [-0.1, -0.05) is 83.8 Å². The molecule has 0 aliphatic heterocycles. The van der Waals surface area contributed by atoms with Crippen LogP contribution in [-0.2, 0) is 17.8 Å². The third kappa shape index (κ3) is 6.16. The SMILES string of the molecule is O=C(CSc1nnc(NCc2ccccc2)s1)NCCc1ccccc1. The number of nitrogens with one attached hydrogen (secondary N) is 2. The maximum atomic E-state index is 11.9. The van der Waals surface area contributed by atoms with E-state index in [1.165, 1.54) is 34.2 Å². The molecule has 0 bridgehead atoms. The summed E-state index contributed by atoms with van der Waals surface area (Å²) in [7, 11) is 0. The van der Waals surface area contributed by atoms with E-state index in [-0.39, 0.29) is 5.91 Å². The summed E-state index contributed by atoms with van der Waals surface area (Å²) in [4.78, 5) is 11.9. The van der Waals surface area contributed by atoms with Gasteiger partial charge >= 0.3 is 0 Å². The summed E-state index contributed by atoms with van der Waals surface area (Å²) in [6, 6.07) is 20.3. The Hall–Kier alpha value is -2.38. The highest BCUT2D eigenvalue weighted by Crippen LogP contribution is 2.25. The Balaban J connectivity index is 1.35. The molecule has 0 spiro atoms. The van der Waals surface area contributed by atoms with Gasteiger partial charge in [-0.05, 0) is 17.5 Å². The van der Waals surface area contributed by atoms with Crippen molar-refractivity contribution in [2.75, 3.05) is 17.6 Å². The van der Waals surface area contributed by atoms with Gasteiger partial charge in [-0.15, -0.1) is 10.2 Å². The van der Waals surface area contributed by atoms with E-state index >= 15 is 0 Å². The standard InChI is InChI=1S/C19H20N4OS2/c24-17(20-12-11-15-7-3-1-4-8-15)14-25-19-23-22-18(26-19)21-13-16-9-5-2-6-10-16/h1-10H,11-14H2,(H,20,24)(H,21,22). The number of benzene rings is 2. The van der Waals surface area contributed by atoms with E-state index < -0.39 is 0 Å². The first-order valence-corrected chi connectivity index (χ1v) is 10.1. The van der Waals surface area contributed by atoms with Crippen molar-refractivity contribution in [2.45, 2.75) is 17.3 Å². The molecule has 0 aliphatic carbocycles. The van der Waals surface area contributed by atoms with Crippen molar-refractivity contribution in [1.82, 2.24) is 15.5 Å². The quantitative estimate of drug-likeness (QED) is 0.552. The van der Waals surface area contributed by atoms with Crippen molar-refractivity contribution >= 4 is 34.1 Å². The van der Waals surface area contributed by atoms with Crippen LogP contribution in [0.2, 0.25) is 0 Å². The summed E-state index contributed by atoms with van der Waals surface area (Å²) in [5, 5.41) is 15.2. The lowest BCUT2D eigenvalue weighted by molar-refractivity contribution is -0.118. The van der Waals surface area contributed by atoms with Gasteiger partial charge < -0.3 is 10.6 Å².